The van der Waals surface area contributed by atoms with E-state index in [1.165, 1.54) is 32.1 Å². The van der Waals surface area contributed by atoms with E-state index >= 15 is 0 Å². The van der Waals surface area contributed by atoms with Crippen molar-refractivity contribution in [3.05, 3.63) is 74.0 Å². The minimum atomic E-state index is -0.159. The molecule has 1 saturated carbocycles. The van der Waals surface area contributed by atoms with Crippen molar-refractivity contribution in [3.63, 3.8) is 0 Å². The molecule has 0 bridgehead atoms. The Labute approximate surface area is 320 Å². The van der Waals surface area contributed by atoms with Gasteiger partial charge in [-0.3, -0.25) is 4.79 Å². The van der Waals surface area contributed by atoms with Crippen LogP contribution in [0.4, 0.5) is 0 Å². The highest BCUT2D eigenvalue weighted by Gasteiger charge is 2.38. The van der Waals surface area contributed by atoms with E-state index in [2.05, 4.69) is 120 Å². The van der Waals surface area contributed by atoms with Crippen LogP contribution in [0.2, 0.25) is 0 Å². The molecule has 0 radical (unpaired) electrons. The van der Waals surface area contributed by atoms with Gasteiger partial charge in [0.15, 0.2) is 0 Å². The molecule has 1 aliphatic carbocycles. The van der Waals surface area contributed by atoms with Gasteiger partial charge in [-0.05, 0) is 73.2 Å². The number of allylic oxidation sites excluding steroid dienone is 1. The molecule has 0 aromatic heterocycles. The minimum absolute atomic E-state index is 0.0336. The summed E-state index contributed by atoms with van der Waals surface area (Å²) in [5.41, 5.74) is 3.81. The monoisotopic (exact) mass is 721 g/mol. The molecule has 2 fully saturated rings. The van der Waals surface area contributed by atoms with E-state index in [0.717, 1.165) is 80.1 Å². The molecule has 0 aromatic carbocycles. The van der Waals surface area contributed by atoms with Gasteiger partial charge in [-0.1, -0.05) is 126 Å². The van der Waals surface area contributed by atoms with E-state index in [1.54, 1.807) is 6.08 Å². The van der Waals surface area contributed by atoms with Crippen molar-refractivity contribution in [1.82, 2.24) is 31.5 Å². The Kier molecular flexibility index (Phi) is 19.2. The second-order valence-electron chi connectivity index (χ2n) is 17.5. The predicted molar refractivity (Wildman–Crippen MR) is 225 cm³/mol. The molecule has 296 valence electrons. The molecule has 1 saturated heterocycles. The number of nitrogens with zero attached hydrogens (tertiary/aromatic N) is 1. The first kappa shape index (κ1) is 45.1. The third kappa shape index (κ3) is 14.7. The summed E-state index contributed by atoms with van der Waals surface area (Å²) in [5.74, 6) is 2.76. The predicted octanol–water partition coefficient (Wildman–Crippen LogP) is 9.17. The molecule has 1 aliphatic heterocycles. The molecule has 0 spiro atoms. The van der Waals surface area contributed by atoms with E-state index in [4.69, 9.17) is 6.58 Å². The Morgan fingerprint density at radius 2 is 1.56 bits per heavy atom. The average molecular weight is 721 g/mol. The molecule has 0 aromatic rings. The lowest BCUT2D eigenvalue weighted by Crippen LogP contribution is -2.53. The molecule has 2 aliphatic rings. The zero-order valence-corrected chi connectivity index (χ0v) is 34.9. The molecule has 6 atom stereocenters. The fraction of sp³-hybridized carbons (Fsp3) is 0.711. The van der Waals surface area contributed by atoms with Crippen molar-refractivity contribution in [2.45, 2.75) is 144 Å². The number of hydrogen-bond donors (Lipinski definition) is 5. The number of rotatable bonds is 24. The topological polar surface area (TPSA) is 80.5 Å². The summed E-state index contributed by atoms with van der Waals surface area (Å²) in [6, 6.07) is 0.111. The second-order valence-corrected chi connectivity index (χ2v) is 17.5. The Hall–Kier alpha value is -3.09. The molecular weight excluding hydrogens is 641 g/mol. The molecule has 7 nitrogen and oxygen atoms in total. The van der Waals surface area contributed by atoms with Crippen molar-refractivity contribution in [2.24, 2.45) is 35.0 Å². The van der Waals surface area contributed by atoms with Crippen LogP contribution in [-0.2, 0) is 4.79 Å². The summed E-state index contributed by atoms with van der Waals surface area (Å²) in [5, 5.41) is 17.9. The maximum absolute atomic E-state index is 14.1. The molecule has 5 N–H and O–H groups in total. The summed E-state index contributed by atoms with van der Waals surface area (Å²) in [4.78, 5) is 16.5. The largest absolute Gasteiger partial charge is 0.389 e. The molecular formula is C45H80N6O. The van der Waals surface area contributed by atoms with Crippen molar-refractivity contribution in [3.8, 4) is 0 Å². The van der Waals surface area contributed by atoms with Crippen LogP contribution in [0.5, 0.6) is 0 Å². The van der Waals surface area contributed by atoms with Crippen molar-refractivity contribution < 1.29 is 4.79 Å². The van der Waals surface area contributed by atoms with E-state index in [9.17, 15) is 4.79 Å². The summed E-state index contributed by atoms with van der Waals surface area (Å²) in [6.07, 6.45) is 13.6. The highest BCUT2D eigenvalue weighted by molar-refractivity contribution is 5.80. The molecule has 2 rings (SSSR count). The number of carbonyl (C=O) groups excluding carboxylic acids is 1. The van der Waals surface area contributed by atoms with Gasteiger partial charge in [0.2, 0.25) is 5.91 Å². The van der Waals surface area contributed by atoms with Crippen LogP contribution in [0.15, 0.2) is 74.0 Å². The number of nitrogens with one attached hydrogen (secondary N) is 5. The van der Waals surface area contributed by atoms with Crippen LogP contribution < -0.4 is 26.6 Å². The van der Waals surface area contributed by atoms with Crippen LogP contribution >= 0.6 is 0 Å². The summed E-state index contributed by atoms with van der Waals surface area (Å²) in [6.45, 7) is 47.2. The standard InChI is InChI=1S/C45H80N6O/c1-15-21-41(34(8)35(9)46-26-16-2)50-44(52)40-27-39(31(4)5)29-51(30-40)36(10)43(38-22-19-18-20-23-38)49-37(11)48-42(45(12,13)14)25-24-33(7)47-28-32(6)17-3/h16,31-32,38-43,46-49H,2,7-11,15,17-30H2,1,3-6,12-14H3,(H,50,52)/t32?,39-,40?,41?,42?,43?/m1/s1. The lowest BCUT2D eigenvalue weighted by Gasteiger charge is -2.45. The molecule has 52 heavy (non-hydrogen) atoms. The normalized spacial score (nSPS) is 20.5. The van der Waals surface area contributed by atoms with Gasteiger partial charge in [0.1, 0.15) is 0 Å². The van der Waals surface area contributed by atoms with Crippen LogP contribution in [0, 0.1) is 35.0 Å². The van der Waals surface area contributed by atoms with Crippen molar-refractivity contribution in [1.29, 1.82) is 0 Å². The van der Waals surface area contributed by atoms with E-state index in [-0.39, 0.29) is 35.4 Å². The summed E-state index contributed by atoms with van der Waals surface area (Å²) < 4.78 is 0. The third-order valence-corrected chi connectivity index (χ3v) is 11.7. The first-order valence-corrected chi connectivity index (χ1v) is 20.6. The fourth-order valence-corrected chi connectivity index (χ4v) is 7.65. The molecule has 1 heterocycles. The molecule has 5 unspecified atom stereocenters. The summed E-state index contributed by atoms with van der Waals surface area (Å²) in [7, 11) is 0. The lowest BCUT2D eigenvalue weighted by atomic mass is 9.79. The minimum Gasteiger partial charge on any atom is -0.389 e. The van der Waals surface area contributed by atoms with Crippen LogP contribution in [0.25, 0.3) is 0 Å². The zero-order chi connectivity index (χ0) is 39.0. The van der Waals surface area contributed by atoms with E-state index < -0.39 is 0 Å². The third-order valence-electron chi connectivity index (χ3n) is 11.7. The van der Waals surface area contributed by atoms with Crippen LogP contribution in [0.1, 0.15) is 126 Å². The highest BCUT2D eigenvalue weighted by atomic mass is 16.2. The fourth-order valence-electron chi connectivity index (χ4n) is 7.65. The van der Waals surface area contributed by atoms with Gasteiger partial charge in [0.05, 0.1) is 23.8 Å². The smallest absolute Gasteiger partial charge is 0.225 e. The maximum Gasteiger partial charge on any atom is 0.225 e. The average Bonchev–Trinajstić information content (AvgIpc) is 3.12. The molecule has 1 amide bonds. The number of carbonyl (C=O) groups is 1. The maximum atomic E-state index is 14.1. The summed E-state index contributed by atoms with van der Waals surface area (Å²) >= 11 is 0. The number of likely N-dealkylation sites (tertiary alicyclic amines) is 1. The SMILES string of the molecule is C=CCNC(=C)C(=C)C(CCC)NC(=O)C1C[C@@H](C(C)C)CN(C(=C)C(NC(=C)NC(CCC(=C)NCC(C)CC)C(C)(C)C)C2CCCCC2)C1. The van der Waals surface area contributed by atoms with Crippen molar-refractivity contribution >= 4 is 5.91 Å². The van der Waals surface area contributed by atoms with Gasteiger partial charge >= 0.3 is 0 Å². The first-order valence-electron chi connectivity index (χ1n) is 20.6. The Morgan fingerprint density at radius 3 is 2.13 bits per heavy atom. The number of amides is 1. The second kappa shape index (κ2) is 22.2. The van der Waals surface area contributed by atoms with Crippen LogP contribution in [0.3, 0.4) is 0 Å². The van der Waals surface area contributed by atoms with Gasteiger partial charge < -0.3 is 31.5 Å². The first-order chi connectivity index (χ1) is 24.5. The highest BCUT2D eigenvalue weighted by Crippen LogP contribution is 2.35. The molecule has 7 heteroatoms. The van der Waals surface area contributed by atoms with Gasteiger partial charge in [-0.25, -0.2) is 0 Å². The number of hydrogen-bond acceptors (Lipinski definition) is 6. The zero-order valence-electron chi connectivity index (χ0n) is 34.9. The van der Waals surface area contributed by atoms with Gasteiger partial charge in [-0.15, -0.1) is 6.58 Å². The van der Waals surface area contributed by atoms with Crippen molar-refractivity contribution in [2.75, 3.05) is 26.2 Å². The van der Waals surface area contributed by atoms with Gasteiger partial charge in [0.25, 0.3) is 0 Å². The van der Waals surface area contributed by atoms with E-state index in [0.29, 0.717) is 36.8 Å². The quantitative estimate of drug-likeness (QED) is 0.0506. The van der Waals surface area contributed by atoms with Crippen LogP contribution in [-0.4, -0.2) is 55.1 Å². The van der Waals surface area contributed by atoms with Gasteiger partial charge in [-0.2, -0.15) is 0 Å². The van der Waals surface area contributed by atoms with E-state index in [1.807, 2.05) is 0 Å². The Bertz CT molecular complexity index is 1190. The Morgan fingerprint density at radius 1 is 0.885 bits per heavy atom. The number of piperidine rings is 1. The lowest BCUT2D eigenvalue weighted by molar-refractivity contribution is -0.128. The Balaban J connectivity index is 2.25. The van der Waals surface area contributed by atoms with Gasteiger partial charge in [0, 0.05) is 49.3 Å².